The van der Waals surface area contributed by atoms with Crippen LogP contribution in [0.1, 0.15) is 32.0 Å². The Kier molecular flexibility index (Phi) is 3.09. The summed E-state index contributed by atoms with van der Waals surface area (Å²) in [5, 5.41) is 4.36. The van der Waals surface area contributed by atoms with Gasteiger partial charge in [0.05, 0.1) is 16.9 Å². The molecular weight excluding hydrogens is 264 g/mol. The highest BCUT2D eigenvalue weighted by molar-refractivity contribution is 7.13. The second kappa shape index (κ2) is 4.67. The Balaban J connectivity index is 2.13. The average Bonchev–Trinajstić information content (AvgIpc) is 2.88. The fraction of sp³-hybridized carbons (Fsp3) is 0.294. The number of aromatic nitrogens is 2. The number of hydrogen-bond acceptors (Lipinski definition) is 3. The molecule has 0 atom stereocenters. The topological polar surface area (TPSA) is 25.8 Å². The van der Waals surface area contributed by atoms with Crippen LogP contribution in [0.25, 0.3) is 21.6 Å². The van der Waals surface area contributed by atoms with Crippen LogP contribution in [0, 0.1) is 6.92 Å². The van der Waals surface area contributed by atoms with Crippen LogP contribution in [0.15, 0.2) is 35.7 Å². The summed E-state index contributed by atoms with van der Waals surface area (Å²) in [7, 11) is 0. The van der Waals surface area contributed by atoms with Crippen LogP contribution >= 0.6 is 11.3 Å². The minimum atomic E-state index is 0.0840. The van der Waals surface area contributed by atoms with Gasteiger partial charge in [-0.2, -0.15) is 0 Å². The molecule has 3 heteroatoms. The molecule has 102 valence electrons. The van der Waals surface area contributed by atoms with Crippen molar-refractivity contribution in [1.82, 2.24) is 9.97 Å². The molecule has 0 aliphatic carbocycles. The van der Waals surface area contributed by atoms with Gasteiger partial charge in [-0.3, -0.25) is 0 Å². The SMILES string of the molecule is Cc1cc(-c2nc(C(C)(C)C)cs2)nc2ccccc12. The maximum atomic E-state index is 4.76. The van der Waals surface area contributed by atoms with Crippen LogP contribution in [-0.2, 0) is 5.41 Å². The fourth-order valence-electron chi connectivity index (χ4n) is 2.19. The first-order valence-electron chi connectivity index (χ1n) is 6.78. The van der Waals surface area contributed by atoms with Crippen molar-refractivity contribution in [2.24, 2.45) is 0 Å². The smallest absolute Gasteiger partial charge is 0.142 e. The minimum Gasteiger partial charge on any atom is -0.245 e. The van der Waals surface area contributed by atoms with Crippen molar-refractivity contribution >= 4 is 22.2 Å². The van der Waals surface area contributed by atoms with Crippen molar-refractivity contribution in [3.05, 3.63) is 47.0 Å². The molecule has 0 bridgehead atoms. The molecule has 3 rings (SSSR count). The number of para-hydroxylation sites is 1. The van der Waals surface area contributed by atoms with Crippen LogP contribution in [0.4, 0.5) is 0 Å². The lowest BCUT2D eigenvalue weighted by Gasteiger charge is -2.14. The van der Waals surface area contributed by atoms with E-state index < -0.39 is 0 Å². The van der Waals surface area contributed by atoms with Crippen molar-refractivity contribution in [3.8, 4) is 10.7 Å². The number of fused-ring (bicyclic) bond motifs is 1. The Morgan fingerprint density at radius 1 is 1.05 bits per heavy atom. The Hall–Kier alpha value is -1.74. The Bertz CT molecular complexity index is 766. The highest BCUT2D eigenvalue weighted by Crippen LogP contribution is 2.30. The predicted molar refractivity (Wildman–Crippen MR) is 86.3 cm³/mol. The predicted octanol–water partition coefficient (Wildman–Crippen LogP) is 4.96. The summed E-state index contributed by atoms with van der Waals surface area (Å²) in [6.07, 6.45) is 0. The monoisotopic (exact) mass is 282 g/mol. The zero-order valence-corrected chi connectivity index (χ0v) is 13.1. The number of benzene rings is 1. The quantitative estimate of drug-likeness (QED) is 0.630. The first-order chi connectivity index (χ1) is 9.45. The van der Waals surface area contributed by atoms with Crippen molar-refractivity contribution in [3.63, 3.8) is 0 Å². The van der Waals surface area contributed by atoms with Gasteiger partial charge in [-0.15, -0.1) is 11.3 Å². The Morgan fingerprint density at radius 3 is 2.50 bits per heavy atom. The van der Waals surface area contributed by atoms with Gasteiger partial charge >= 0.3 is 0 Å². The van der Waals surface area contributed by atoms with Gasteiger partial charge in [-0.25, -0.2) is 9.97 Å². The number of nitrogens with zero attached hydrogens (tertiary/aromatic N) is 2. The standard InChI is InChI=1S/C17H18N2S/c1-11-9-14(18-13-8-6-5-7-12(11)13)16-19-15(10-20-16)17(2,3)4/h5-10H,1-4H3. The van der Waals surface area contributed by atoms with E-state index in [0.717, 1.165) is 21.9 Å². The van der Waals surface area contributed by atoms with Crippen LogP contribution in [0.3, 0.4) is 0 Å². The second-order valence-corrected chi connectivity index (χ2v) is 6.99. The molecule has 0 saturated heterocycles. The van der Waals surface area contributed by atoms with Gasteiger partial charge < -0.3 is 0 Å². The molecule has 3 aromatic rings. The number of rotatable bonds is 1. The van der Waals surface area contributed by atoms with E-state index >= 15 is 0 Å². The molecule has 0 N–H and O–H groups in total. The lowest BCUT2D eigenvalue weighted by molar-refractivity contribution is 0.573. The Morgan fingerprint density at radius 2 is 1.80 bits per heavy atom. The van der Waals surface area contributed by atoms with Crippen molar-refractivity contribution in [1.29, 1.82) is 0 Å². The lowest BCUT2D eigenvalue weighted by Crippen LogP contribution is -2.11. The first-order valence-corrected chi connectivity index (χ1v) is 7.66. The molecule has 0 fully saturated rings. The van der Waals surface area contributed by atoms with Gasteiger partial charge in [0.2, 0.25) is 0 Å². The molecule has 2 heterocycles. The number of thiazole rings is 1. The van der Waals surface area contributed by atoms with Gasteiger partial charge in [0.15, 0.2) is 0 Å². The number of aryl methyl sites for hydroxylation is 1. The summed E-state index contributed by atoms with van der Waals surface area (Å²) >= 11 is 1.67. The van der Waals surface area contributed by atoms with E-state index in [4.69, 9.17) is 9.97 Å². The number of pyridine rings is 1. The van der Waals surface area contributed by atoms with Crippen molar-refractivity contribution in [2.45, 2.75) is 33.1 Å². The highest BCUT2D eigenvalue weighted by atomic mass is 32.1. The zero-order valence-electron chi connectivity index (χ0n) is 12.3. The molecule has 0 aliphatic heterocycles. The molecule has 0 aliphatic rings. The van der Waals surface area contributed by atoms with Gasteiger partial charge in [-0.1, -0.05) is 39.0 Å². The summed E-state index contributed by atoms with van der Waals surface area (Å²) < 4.78 is 0. The molecule has 2 nitrogen and oxygen atoms in total. The number of hydrogen-bond donors (Lipinski definition) is 0. The second-order valence-electron chi connectivity index (χ2n) is 6.13. The molecule has 2 aromatic heterocycles. The summed E-state index contributed by atoms with van der Waals surface area (Å²) in [6.45, 7) is 8.69. The van der Waals surface area contributed by atoms with E-state index in [0.29, 0.717) is 0 Å². The van der Waals surface area contributed by atoms with E-state index in [-0.39, 0.29) is 5.41 Å². The van der Waals surface area contributed by atoms with Crippen molar-refractivity contribution < 1.29 is 0 Å². The minimum absolute atomic E-state index is 0.0840. The summed E-state index contributed by atoms with van der Waals surface area (Å²) in [5.74, 6) is 0. The molecule has 0 unspecified atom stereocenters. The van der Waals surface area contributed by atoms with Gasteiger partial charge in [0.25, 0.3) is 0 Å². The van der Waals surface area contributed by atoms with E-state index in [2.05, 4.69) is 57.3 Å². The summed E-state index contributed by atoms with van der Waals surface area (Å²) in [4.78, 5) is 9.51. The highest BCUT2D eigenvalue weighted by Gasteiger charge is 2.18. The van der Waals surface area contributed by atoms with E-state index in [1.807, 2.05) is 6.07 Å². The van der Waals surface area contributed by atoms with E-state index in [1.54, 1.807) is 11.3 Å². The molecule has 20 heavy (non-hydrogen) atoms. The molecule has 0 amide bonds. The zero-order chi connectivity index (χ0) is 14.3. The third-order valence-electron chi connectivity index (χ3n) is 3.41. The first kappa shape index (κ1) is 13.3. The van der Waals surface area contributed by atoms with Gasteiger partial charge in [-0.05, 0) is 24.6 Å². The summed E-state index contributed by atoms with van der Waals surface area (Å²) in [5.41, 5.74) is 4.47. The fourth-order valence-corrected chi connectivity index (χ4v) is 3.20. The van der Waals surface area contributed by atoms with Crippen LogP contribution in [0.2, 0.25) is 0 Å². The van der Waals surface area contributed by atoms with Crippen LogP contribution < -0.4 is 0 Å². The summed E-state index contributed by atoms with van der Waals surface area (Å²) in [6, 6.07) is 10.4. The third kappa shape index (κ3) is 2.34. The molecule has 0 spiro atoms. The van der Waals surface area contributed by atoms with E-state index in [9.17, 15) is 0 Å². The maximum Gasteiger partial charge on any atom is 0.142 e. The van der Waals surface area contributed by atoms with E-state index in [1.165, 1.54) is 10.9 Å². The van der Waals surface area contributed by atoms with Crippen LogP contribution in [0.5, 0.6) is 0 Å². The molecule has 0 saturated carbocycles. The van der Waals surface area contributed by atoms with Gasteiger partial charge in [0.1, 0.15) is 5.01 Å². The van der Waals surface area contributed by atoms with Gasteiger partial charge in [0, 0.05) is 16.2 Å². The Labute approximate surface area is 123 Å². The molecular formula is C17H18N2S. The maximum absolute atomic E-state index is 4.76. The molecule has 0 radical (unpaired) electrons. The molecule has 1 aromatic carbocycles. The normalized spacial score (nSPS) is 12.0. The third-order valence-corrected chi connectivity index (χ3v) is 4.28. The van der Waals surface area contributed by atoms with Crippen LogP contribution in [-0.4, -0.2) is 9.97 Å². The van der Waals surface area contributed by atoms with Crippen molar-refractivity contribution in [2.75, 3.05) is 0 Å². The lowest BCUT2D eigenvalue weighted by atomic mass is 9.93. The average molecular weight is 282 g/mol. The largest absolute Gasteiger partial charge is 0.245 e.